The van der Waals surface area contributed by atoms with Gasteiger partial charge in [-0.3, -0.25) is 0 Å². The molecule has 0 spiro atoms. The van der Waals surface area contributed by atoms with Crippen molar-refractivity contribution in [3.05, 3.63) is 33.5 Å². The molecule has 1 fully saturated rings. The zero-order chi connectivity index (χ0) is 11.7. The summed E-state index contributed by atoms with van der Waals surface area (Å²) in [5, 5.41) is 3.38. The Balaban J connectivity index is 1.91. The van der Waals surface area contributed by atoms with Gasteiger partial charge in [-0.05, 0) is 49.9 Å². The van der Waals surface area contributed by atoms with Gasteiger partial charge in [-0.15, -0.1) is 0 Å². The number of nitrogens with one attached hydrogen (secondary N) is 1. The molecule has 0 amide bonds. The molecule has 0 bridgehead atoms. The summed E-state index contributed by atoms with van der Waals surface area (Å²) in [5.74, 6) is 0.735. The van der Waals surface area contributed by atoms with E-state index in [9.17, 15) is 4.79 Å². The van der Waals surface area contributed by atoms with E-state index in [1.165, 1.54) is 29.7 Å². The molecule has 4 heteroatoms. The highest BCUT2D eigenvalue weighted by molar-refractivity contribution is 7.16. The Morgan fingerprint density at radius 2 is 2.18 bits per heavy atom. The molecule has 2 aromatic rings. The van der Waals surface area contributed by atoms with Crippen molar-refractivity contribution in [1.82, 2.24) is 5.32 Å². The van der Waals surface area contributed by atoms with Crippen LogP contribution in [0.3, 0.4) is 0 Å². The topological polar surface area (TPSA) is 42.2 Å². The SMILES string of the molecule is O=c1oc2cccc(CC3CCNCC3)c2s1. The molecule has 1 saturated heterocycles. The molecule has 3 nitrogen and oxygen atoms in total. The van der Waals surface area contributed by atoms with Gasteiger partial charge in [-0.1, -0.05) is 23.5 Å². The second-order valence-corrected chi connectivity index (χ2v) is 5.54. The summed E-state index contributed by atoms with van der Waals surface area (Å²) in [6, 6.07) is 5.98. The summed E-state index contributed by atoms with van der Waals surface area (Å²) in [6.45, 7) is 2.23. The average molecular weight is 249 g/mol. The average Bonchev–Trinajstić information content (AvgIpc) is 2.72. The standard InChI is InChI=1S/C13H15NO2S/c15-13-16-11-3-1-2-10(12(11)17-13)8-9-4-6-14-7-5-9/h1-3,9,14H,4-8H2. The van der Waals surface area contributed by atoms with Gasteiger partial charge >= 0.3 is 4.94 Å². The number of benzene rings is 1. The summed E-state index contributed by atoms with van der Waals surface area (Å²) < 4.78 is 6.19. The Hall–Kier alpha value is -1.13. The fourth-order valence-electron chi connectivity index (χ4n) is 2.51. The highest BCUT2D eigenvalue weighted by Gasteiger charge is 2.16. The van der Waals surface area contributed by atoms with Crippen LogP contribution in [-0.2, 0) is 6.42 Å². The normalized spacial score (nSPS) is 17.6. The maximum absolute atomic E-state index is 11.3. The van der Waals surface area contributed by atoms with Gasteiger partial charge in [0.2, 0.25) is 0 Å². The molecule has 3 rings (SSSR count). The van der Waals surface area contributed by atoms with Gasteiger partial charge < -0.3 is 9.73 Å². The third kappa shape index (κ3) is 2.28. The molecule has 0 radical (unpaired) electrons. The van der Waals surface area contributed by atoms with Crippen molar-refractivity contribution in [1.29, 1.82) is 0 Å². The van der Waals surface area contributed by atoms with Crippen LogP contribution in [0.15, 0.2) is 27.4 Å². The third-order valence-electron chi connectivity index (χ3n) is 3.41. The molecule has 0 aliphatic carbocycles. The van der Waals surface area contributed by atoms with Crippen molar-refractivity contribution in [2.75, 3.05) is 13.1 Å². The number of fused-ring (bicyclic) bond motifs is 1. The highest BCUT2D eigenvalue weighted by atomic mass is 32.1. The van der Waals surface area contributed by atoms with Gasteiger partial charge in [0.15, 0.2) is 0 Å². The Morgan fingerprint density at radius 3 is 3.00 bits per heavy atom. The van der Waals surface area contributed by atoms with Crippen molar-refractivity contribution < 1.29 is 4.42 Å². The molecule has 0 unspecified atom stereocenters. The monoisotopic (exact) mass is 249 g/mol. The highest BCUT2D eigenvalue weighted by Crippen LogP contribution is 2.26. The van der Waals surface area contributed by atoms with Crippen molar-refractivity contribution in [2.45, 2.75) is 19.3 Å². The van der Waals surface area contributed by atoms with Gasteiger partial charge in [0.1, 0.15) is 5.58 Å². The molecule has 0 atom stereocenters. The van der Waals surface area contributed by atoms with E-state index >= 15 is 0 Å². The zero-order valence-corrected chi connectivity index (χ0v) is 10.4. The largest absolute Gasteiger partial charge is 0.414 e. The fourth-order valence-corrected chi connectivity index (χ4v) is 3.30. The predicted molar refractivity (Wildman–Crippen MR) is 69.7 cm³/mol. The van der Waals surface area contributed by atoms with Crippen LogP contribution in [0.4, 0.5) is 0 Å². The summed E-state index contributed by atoms with van der Waals surface area (Å²) in [4.78, 5) is 11.1. The first-order chi connectivity index (χ1) is 8.33. The summed E-state index contributed by atoms with van der Waals surface area (Å²) in [5.41, 5.74) is 2.01. The van der Waals surface area contributed by atoms with E-state index in [0.29, 0.717) is 0 Å². The lowest BCUT2D eigenvalue weighted by atomic mass is 9.91. The van der Waals surface area contributed by atoms with Crippen molar-refractivity contribution >= 4 is 21.6 Å². The molecular formula is C13H15NO2S. The van der Waals surface area contributed by atoms with E-state index in [0.717, 1.165) is 35.7 Å². The second kappa shape index (κ2) is 4.63. The van der Waals surface area contributed by atoms with Crippen LogP contribution in [0.1, 0.15) is 18.4 Å². The van der Waals surface area contributed by atoms with Crippen LogP contribution in [0.5, 0.6) is 0 Å². The lowest BCUT2D eigenvalue weighted by Gasteiger charge is -2.22. The minimum atomic E-state index is -0.197. The maximum atomic E-state index is 11.3. The zero-order valence-electron chi connectivity index (χ0n) is 9.57. The van der Waals surface area contributed by atoms with E-state index in [4.69, 9.17) is 4.42 Å². The van der Waals surface area contributed by atoms with Crippen molar-refractivity contribution in [2.24, 2.45) is 5.92 Å². The first-order valence-corrected chi connectivity index (χ1v) is 6.87. The molecule has 17 heavy (non-hydrogen) atoms. The van der Waals surface area contributed by atoms with Gasteiger partial charge in [0, 0.05) is 0 Å². The molecule has 1 aromatic heterocycles. The van der Waals surface area contributed by atoms with Gasteiger partial charge in [0.05, 0.1) is 4.70 Å². The second-order valence-electron chi connectivity index (χ2n) is 4.60. The van der Waals surface area contributed by atoms with Gasteiger partial charge in [-0.25, -0.2) is 4.79 Å². The molecule has 1 aliphatic heterocycles. The minimum Gasteiger partial charge on any atom is -0.414 e. The molecule has 1 aromatic carbocycles. The van der Waals surface area contributed by atoms with Crippen LogP contribution in [0.25, 0.3) is 10.3 Å². The van der Waals surface area contributed by atoms with Crippen LogP contribution < -0.4 is 10.3 Å². The Morgan fingerprint density at radius 1 is 1.35 bits per heavy atom. The molecule has 1 N–H and O–H groups in total. The lowest BCUT2D eigenvalue weighted by molar-refractivity contribution is 0.373. The fraction of sp³-hybridized carbons (Fsp3) is 0.462. The number of hydrogen-bond donors (Lipinski definition) is 1. The minimum absolute atomic E-state index is 0.197. The van der Waals surface area contributed by atoms with Gasteiger partial charge in [0.25, 0.3) is 0 Å². The van der Waals surface area contributed by atoms with E-state index in [2.05, 4.69) is 11.4 Å². The molecule has 90 valence electrons. The smallest absolute Gasteiger partial charge is 0.396 e. The first kappa shape index (κ1) is 11.0. The van der Waals surface area contributed by atoms with Crippen LogP contribution >= 0.6 is 11.3 Å². The Kier molecular flexibility index (Phi) is 2.99. The third-order valence-corrected chi connectivity index (χ3v) is 4.32. The quantitative estimate of drug-likeness (QED) is 0.888. The predicted octanol–water partition coefficient (Wildman–Crippen LogP) is 2.40. The number of hydrogen-bond acceptors (Lipinski definition) is 4. The van der Waals surface area contributed by atoms with E-state index < -0.39 is 0 Å². The Bertz CT molecular complexity index is 566. The van der Waals surface area contributed by atoms with Crippen molar-refractivity contribution in [3.8, 4) is 0 Å². The summed E-state index contributed by atoms with van der Waals surface area (Å²) in [6.07, 6.45) is 3.51. The lowest BCUT2D eigenvalue weighted by Crippen LogP contribution is -2.28. The van der Waals surface area contributed by atoms with E-state index in [1.54, 1.807) is 0 Å². The van der Waals surface area contributed by atoms with Crippen LogP contribution in [0, 0.1) is 5.92 Å². The van der Waals surface area contributed by atoms with E-state index in [-0.39, 0.29) is 4.94 Å². The van der Waals surface area contributed by atoms with Gasteiger partial charge in [-0.2, -0.15) is 0 Å². The maximum Gasteiger partial charge on any atom is 0.396 e. The van der Waals surface area contributed by atoms with Crippen molar-refractivity contribution in [3.63, 3.8) is 0 Å². The van der Waals surface area contributed by atoms with Crippen LogP contribution in [0.2, 0.25) is 0 Å². The summed E-state index contributed by atoms with van der Waals surface area (Å²) >= 11 is 1.23. The number of piperidine rings is 1. The molecular weight excluding hydrogens is 234 g/mol. The molecule has 1 aliphatic rings. The van der Waals surface area contributed by atoms with Crippen LogP contribution in [-0.4, -0.2) is 13.1 Å². The summed E-state index contributed by atoms with van der Waals surface area (Å²) in [7, 11) is 0. The number of rotatable bonds is 2. The molecule has 0 saturated carbocycles. The Labute approximate surface area is 103 Å². The molecule has 2 heterocycles. The van der Waals surface area contributed by atoms with E-state index in [1.807, 2.05) is 12.1 Å². The first-order valence-electron chi connectivity index (χ1n) is 6.05.